The van der Waals surface area contributed by atoms with E-state index < -0.39 is 0 Å². The molecule has 4 heteroatoms. The molecule has 1 aromatic carbocycles. The van der Waals surface area contributed by atoms with Gasteiger partial charge in [0.1, 0.15) is 0 Å². The third-order valence-corrected chi connectivity index (χ3v) is 3.94. The highest BCUT2D eigenvalue weighted by atomic mass is 35.5. The Morgan fingerprint density at radius 3 is 2.67 bits per heavy atom. The van der Waals surface area contributed by atoms with Crippen molar-refractivity contribution >= 4 is 17.3 Å². The fourth-order valence-electron chi connectivity index (χ4n) is 2.72. The van der Waals surface area contributed by atoms with Crippen molar-refractivity contribution in [3.8, 4) is 0 Å². The van der Waals surface area contributed by atoms with E-state index >= 15 is 0 Å². The van der Waals surface area contributed by atoms with Crippen LogP contribution < -0.4 is 5.73 Å². The summed E-state index contributed by atoms with van der Waals surface area (Å²) in [5.74, 6) is 0. The maximum Gasteiger partial charge on any atom is 0.0558 e. The summed E-state index contributed by atoms with van der Waals surface area (Å²) in [6, 6.07) is 6.24. The van der Waals surface area contributed by atoms with Gasteiger partial charge in [0.05, 0.1) is 6.61 Å². The lowest BCUT2D eigenvalue weighted by Crippen LogP contribution is -2.35. The average molecular weight is 269 g/mol. The molecular weight excluding hydrogens is 248 g/mol. The number of benzene rings is 1. The molecule has 1 aliphatic rings. The topological polar surface area (TPSA) is 49.5 Å². The number of aliphatic hydroxyl groups excluding tert-OH is 1. The SMILES string of the molecule is Nc1cc(Cl)ccc1CN(CCO)C1CCCC1. The van der Waals surface area contributed by atoms with E-state index in [2.05, 4.69) is 4.90 Å². The second-order valence-corrected chi connectivity index (χ2v) is 5.41. The van der Waals surface area contributed by atoms with Crippen molar-refractivity contribution < 1.29 is 5.11 Å². The van der Waals surface area contributed by atoms with Crippen LogP contribution in [-0.4, -0.2) is 29.2 Å². The van der Waals surface area contributed by atoms with Crippen molar-refractivity contribution in [3.63, 3.8) is 0 Å². The van der Waals surface area contributed by atoms with Gasteiger partial charge < -0.3 is 10.8 Å². The molecule has 0 radical (unpaired) electrons. The predicted octanol–water partition coefficient (Wildman–Crippen LogP) is 2.66. The van der Waals surface area contributed by atoms with Gasteiger partial charge in [0, 0.05) is 29.8 Å². The van der Waals surface area contributed by atoms with Crippen LogP contribution in [0.2, 0.25) is 5.02 Å². The summed E-state index contributed by atoms with van der Waals surface area (Å²) in [5.41, 5.74) is 7.83. The molecule has 0 aromatic heterocycles. The average Bonchev–Trinajstić information content (AvgIpc) is 2.85. The lowest BCUT2D eigenvalue weighted by atomic mass is 10.1. The van der Waals surface area contributed by atoms with Crippen LogP contribution >= 0.6 is 11.6 Å². The van der Waals surface area contributed by atoms with Crippen LogP contribution in [0.5, 0.6) is 0 Å². The van der Waals surface area contributed by atoms with Crippen molar-refractivity contribution in [1.82, 2.24) is 4.90 Å². The van der Waals surface area contributed by atoms with Gasteiger partial charge in [-0.15, -0.1) is 0 Å². The van der Waals surface area contributed by atoms with E-state index in [1.807, 2.05) is 12.1 Å². The molecule has 1 aliphatic carbocycles. The molecule has 0 unspecified atom stereocenters. The maximum atomic E-state index is 9.19. The van der Waals surface area contributed by atoms with Gasteiger partial charge in [-0.3, -0.25) is 4.90 Å². The fraction of sp³-hybridized carbons (Fsp3) is 0.571. The first-order valence-corrected chi connectivity index (χ1v) is 6.97. The van der Waals surface area contributed by atoms with E-state index in [1.165, 1.54) is 25.7 Å². The van der Waals surface area contributed by atoms with E-state index in [0.29, 0.717) is 17.6 Å². The third-order valence-electron chi connectivity index (χ3n) is 3.71. The first kappa shape index (κ1) is 13.7. The number of anilines is 1. The molecule has 0 amide bonds. The Morgan fingerprint density at radius 1 is 1.33 bits per heavy atom. The zero-order chi connectivity index (χ0) is 13.0. The van der Waals surface area contributed by atoms with Gasteiger partial charge in [-0.05, 0) is 30.5 Å². The lowest BCUT2D eigenvalue weighted by Gasteiger charge is -2.28. The molecule has 3 N–H and O–H groups in total. The maximum absolute atomic E-state index is 9.19. The fourth-order valence-corrected chi connectivity index (χ4v) is 2.90. The van der Waals surface area contributed by atoms with Gasteiger partial charge in [0.25, 0.3) is 0 Å². The standard InChI is InChI=1S/C14H21ClN2O/c15-12-6-5-11(14(16)9-12)10-17(7-8-18)13-3-1-2-4-13/h5-6,9,13,18H,1-4,7-8,10,16H2. The normalized spacial score (nSPS) is 16.6. The van der Waals surface area contributed by atoms with E-state index in [0.717, 1.165) is 17.8 Å². The minimum atomic E-state index is 0.198. The Morgan fingerprint density at radius 2 is 2.06 bits per heavy atom. The smallest absolute Gasteiger partial charge is 0.0558 e. The molecule has 0 atom stereocenters. The second-order valence-electron chi connectivity index (χ2n) is 4.98. The zero-order valence-corrected chi connectivity index (χ0v) is 11.4. The summed E-state index contributed by atoms with van der Waals surface area (Å²) in [6.45, 7) is 1.71. The van der Waals surface area contributed by atoms with Gasteiger partial charge in [-0.1, -0.05) is 30.5 Å². The van der Waals surface area contributed by atoms with Crippen LogP contribution in [0.25, 0.3) is 0 Å². The van der Waals surface area contributed by atoms with Gasteiger partial charge >= 0.3 is 0 Å². The first-order chi connectivity index (χ1) is 8.70. The Bertz CT molecular complexity index is 391. The predicted molar refractivity (Wildman–Crippen MR) is 75.6 cm³/mol. The first-order valence-electron chi connectivity index (χ1n) is 6.59. The van der Waals surface area contributed by atoms with Gasteiger partial charge in [-0.25, -0.2) is 0 Å². The zero-order valence-electron chi connectivity index (χ0n) is 10.6. The molecule has 0 saturated heterocycles. The quantitative estimate of drug-likeness (QED) is 0.808. The molecular formula is C14H21ClN2O. The summed E-state index contributed by atoms with van der Waals surface area (Å²) in [7, 11) is 0. The third kappa shape index (κ3) is 3.37. The molecule has 18 heavy (non-hydrogen) atoms. The van der Waals surface area contributed by atoms with Crippen molar-refractivity contribution in [2.75, 3.05) is 18.9 Å². The van der Waals surface area contributed by atoms with E-state index in [9.17, 15) is 5.11 Å². The molecule has 1 saturated carbocycles. The molecule has 1 fully saturated rings. The molecule has 0 aliphatic heterocycles. The van der Waals surface area contributed by atoms with Crippen molar-refractivity contribution in [3.05, 3.63) is 28.8 Å². The highest BCUT2D eigenvalue weighted by molar-refractivity contribution is 6.30. The van der Waals surface area contributed by atoms with Gasteiger partial charge in [0.15, 0.2) is 0 Å². The summed E-state index contributed by atoms with van der Waals surface area (Å²) < 4.78 is 0. The minimum absolute atomic E-state index is 0.198. The molecule has 1 aromatic rings. The monoisotopic (exact) mass is 268 g/mol. The summed E-state index contributed by atoms with van der Waals surface area (Å²) in [6.07, 6.45) is 5.05. The molecule has 2 rings (SSSR count). The Hall–Kier alpha value is -0.770. The Kier molecular flexibility index (Phi) is 4.87. The van der Waals surface area contributed by atoms with Crippen molar-refractivity contribution in [2.45, 2.75) is 38.3 Å². The van der Waals surface area contributed by atoms with Crippen LogP contribution in [0.3, 0.4) is 0 Å². The summed E-state index contributed by atoms with van der Waals surface area (Å²) >= 11 is 5.91. The van der Waals surface area contributed by atoms with Crippen LogP contribution in [-0.2, 0) is 6.54 Å². The summed E-state index contributed by atoms with van der Waals surface area (Å²) in [5, 5.41) is 9.87. The summed E-state index contributed by atoms with van der Waals surface area (Å²) in [4.78, 5) is 2.34. The number of halogens is 1. The van der Waals surface area contributed by atoms with Crippen molar-refractivity contribution in [2.24, 2.45) is 0 Å². The molecule has 0 bridgehead atoms. The number of aliphatic hydroxyl groups is 1. The highest BCUT2D eigenvalue weighted by Crippen LogP contribution is 2.26. The number of hydrogen-bond donors (Lipinski definition) is 2. The largest absolute Gasteiger partial charge is 0.398 e. The van der Waals surface area contributed by atoms with Crippen LogP contribution in [0, 0.1) is 0 Å². The Balaban J connectivity index is 2.07. The van der Waals surface area contributed by atoms with Crippen molar-refractivity contribution in [1.29, 1.82) is 0 Å². The number of nitrogen functional groups attached to an aromatic ring is 1. The minimum Gasteiger partial charge on any atom is -0.398 e. The molecule has 3 nitrogen and oxygen atoms in total. The Labute approximate surface area is 114 Å². The van der Waals surface area contributed by atoms with E-state index in [4.69, 9.17) is 17.3 Å². The number of rotatable bonds is 5. The molecule has 0 spiro atoms. The number of nitrogens with two attached hydrogens (primary N) is 1. The van der Waals surface area contributed by atoms with E-state index in [1.54, 1.807) is 6.07 Å². The lowest BCUT2D eigenvalue weighted by molar-refractivity contribution is 0.145. The van der Waals surface area contributed by atoms with E-state index in [-0.39, 0.29) is 6.61 Å². The number of nitrogens with zero attached hydrogens (tertiary/aromatic N) is 1. The second kappa shape index (κ2) is 6.41. The van der Waals surface area contributed by atoms with Gasteiger partial charge in [-0.2, -0.15) is 0 Å². The number of hydrogen-bond acceptors (Lipinski definition) is 3. The molecule has 100 valence electrons. The van der Waals surface area contributed by atoms with Crippen LogP contribution in [0.4, 0.5) is 5.69 Å². The van der Waals surface area contributed by atoms with Crippen LogP contribution in [0.15, 0.2) is 18.2 Å². The molecule has 0 heterocycles. The highest BCUT2D eigenvalue weighted by Gasteiger charge is 2.22. The van der Waals surface area contributed by atoms with Gasteiger partial charge in [0.2, 0.25) is 0 Å². The van der Waals surface area contributed by atoms with Crippen LogP contribution in [0.1, 0.15) is 31.2 Å².